The van der Waals surface area contributed by atoms with Crippen LogP contribution in [0.3, 0.4) is 0 Å². The van der Waals surface area contributed by atoms with E-state index in [1.54, 1.807) is 17.4 Å². The number of thiophene rings is 1. The molecule has 0 saturated carbocycles. The van der Waals surface area contributed by atoms with Crippen molar-refractivity contribution in [3.05, 3.63) is 42.9 Å². The highest BCUT2D eigenvalue weighted by molar-refractivity contribution is 9.11. The first-order valence-corrected chi connectivity index (χ1v) is 6.85. The zero-order valence-corrected chi connectivity index (χ0v) is 12.2. The largest absolute Gasteiger partial charge is 0.448 e. The van der Waals surface area contributed by atoms with Crippen molar-refractivity contribution in [1.82, 2.24) is 5.32 Å². The van der Waals surface area contributed by atoms with Crippen molar-refractivity contribution in [3.63, 3.8) is 0 Å². The average Bonchev–Trinajstić information content (AvgIpc) is 2.77. The van der Waals surface area contributed by atoms with Crippen LogP contribution in [0.4, 0.5) is 0 Å². The highest BCUT2D eigenvalue weighted by atomic mass is 79.9. The van der Waals surface area contributed by atoms with Crippen molar-refractivity contribution in [2.45, 2.75) is 6.04 Å². The maximum Gasteiger partial charge on any atom is 0.193 e. The normalized spacial score (nSPS) is 13.0. The molecule has 6 heteroatoms. The van der Waals surface area contributed by atoms with E-state index in [1.807, 2.05) is 19.2 Å². The molecule has 0 aliphatic carbocycles. The third-order valence-electron chi connectivity index (χ3n) is 2.12. The van der Waals surface area contributed by atoms with Gasteiger partial charge in [-0.3, -0.25) is 0 Å². The fourth-order valence-corrected chi connectivity index (χ4v) is 3.43. The van der Waals surface area contributed by atoms with Gasteiger partial charge in [0.15, 0.2) is 5.22 Å². The van der Waals surface area contributed by atoms with E-state index in [0.717, 1.165) is 14.4 Å². The molecule has 0 amide bonds. The molecule has 16 heavy (non-hydrogen) atoms. The van der Waals surface area contributed by atoms with Crippen LogP contribution in [0, 0.1) is 0 Å². The maximum absolute atomic E-state index is 6.00. The number of hydrogen-bond donors (Lipinski definition) is 1. The van der Waals surface area contributed by atoms with Gasteiger partial charge in [-0.1, -0.05) is 11.6 Å². The molecule has 0 spiro atoms. The van der Waals surface area contributed by atoms with Gasteiger partial charge in [-0.2, -0.15) is 0 Å². The number of furan rings is 1. The van der Waals surface area contributed by atoms with E-state index in [0.29, 0.717) is 10.2 Å². The van der Waals surface area contributed by atoms with E-state index in [1.165, 1.54) is 0 Å². The van der Waals surface area contributed by atoms with E-state index in [4.69, 9.17) is 27.6 Å². The number of hydrogen-bond acceptors (Lipinski definition) is 3. The van der Waals surface area contributed by atoms with E-state index in [2.05, 4.69) is 21.2 Å². The van der Waals surface area contributed by atoms with Crippen LogP contribution in [-0.4, -0.2) is 7.05 Å². The van der Waals surface area contributed by atoms with Gasteiger partial charge in [-0.05, 0) is 52.8 Å². The van der Waals surface area contributed by atoms with Crippen molar-refractivity contribution in [1.29, 1.82) is 0 Å². The summed E-state index contributed by atoms with van der Waals surface area (Å²) in [5, 5.41) is 4.26. The lowest BCUT2D eigenvalue weighted by atomic mass is 10.2. The Hall–Kier alpha value is -0.0000000000000000833. The standard InChI is InChI=1S/C10H8BrCl2NOS/c1-14-9(6-2-3-8(13)15-6)7-4-5(12)10(11)16-7/h2-4,9,14H,1H3. The van der Waals surface area contributed by atoms with E-state index in [-0.39, 0.29) is 6.04 Å². The van der Waals surface area contributed by atoms with Crippen molar-refractivity contribution in [2.75, 3.05) is 7.05 Å². The van der Waals surface area contributed by atoms with Gasteiger partial charge in [0.2, 0.25) is 0 Å². The van der Waals surface area contributed by atoms with Crippen molar-refractivity contribution in [2.24, 2.45) is 0 Å². The Kier molecular flexibility index (Phi) is 3.97. The first-order chi connectivity index (χ1) is 7.61. The second-order valence-electron chi connectivity index (χ2n) is 3.13. The lowest BCUT2D eigenvalue weighted by Gasteiger charge is -2.10. The molecule has 1 atom stereocenters. The number of rotatable bonds is 3. The van der Waals surface area contributed by atoms with Crippen molar-refractivity contribution in [3.8, 4) is 0 Å². The van der Waals surface area contributed by atoms with E-state index < -0.39 is 0 Å². The zero-order chi connectivity index (χ0) is 11.7. The minimum absolute atomic E-state index is 0.0266. The summed E-state index contributed by atoms with van der Waals surface area (Å²) in [5.41, 5.74) is 0. The van der Waals surface area contributed by atoms with Crippen molar-refractivity contribution >= 4 is 50.5 Å². The predicted octanol–water partition coefficient (Wildman–Crippen LogP) is 4.72. The molecule has 1 N–H and O–H groups in total. The lowest BCUT2D eigenvalue weighted by molar-refractivity contribution is 0.468. The molecule has 2 nitrogen and oxygen atoms in total. The summed E-state index contributed by atoms with van der Waals surface area (Å²) >= 11 is 16.7. The Balaban J connectivity index is 2.36. The number of halogens is 3. The smallest absolute Gasteiger partial charge is 0.193 e. The quantitative estimate of drug-likeness (QED) is 0.874. The molecule has 2 aromatic rings. The Morgan fingerprint density at radius 3 is 2.62 bits per heavy atom. The van der Waals surface area contributed by atoms with Crippen LogP contribution in [-0.2, 0) is 0 Å². The van der Waals surface area contributed by atoms with Gasteiger partial charge < -0.3 is 9.73 Å². The van der Waals surface area contributed by atoms with Gasteiger partial charge >= 0.3 is 0 Å². The molecule has 2 rings (SSSR count). The second-order valence-corrected chi connectivity index (χ2v) is 6.32. The van der Waals surface area contributed by atoms with Crippen LogP contribution in [0.5, 0.6) is 0 Å². The van der Waals surface area contributed by atoms with Gasteiger partial charge in [0.1, 0.15) is 11.8 Å². The summed E-state index contributed by atoms with van der Waals surface area (Å²) in [6.45, 7) is 0. The fraction of sp³-hybridized carbons (Fsp3) is 0.200. The van der Waals surface area contributed by atoms with Crippen LogP contribution in [0.15, 0.2) is 26.4 Å². The molecule has 0 aromatic carbocycles. The zero-order valence-electron chi connectivity index (χ0n) is 8.26. The molecule has 0 radical (unpaired) electrons. The van der Waals surface area contributed by atoms with Gasteiger partial charge in [0.25, 0.3) is 0 Å². The minimum Gasteiger partial charge on any atom is -0.448 e. The predicted molar refractivity (Wildman–Crippen MR) is 71.6 cm³/mol. The third-order valence-corrected chi connectivity index (χ3v) is 4.86. The Bertz CT molecular complexity index is 477. The Labute approximate surface area is 116 Å². The van der Waals surface area contributed by atoms with Crippen LogP contribution in [0.1, 0.15) is 16.7 Å². The summed E-state index contributed by atoms with van der Waals surface area (Å²) in [4.78, 5) is 1.07. The highest BCUT2D eigenvalue weighted by Gasteiger charge is 2.19. The fourth-order valence-electron chi connectivity index (χ4n) is 1.41. The summed E-state index contributed by atoms with van der Waals surface area (Å²) in [7, 11) is 1.86. The molecule has 0 bridgehead atoms. The van der Waals surface area contributed by atoms with Crippen LogP contribution in [0.2, 0.25) is 10.2 Å². The van der Waals surface area contributed by atoms with Crippen LogP contribution < -0.4 is 5.32 Å². The van der Waals surface area contributed by atoms with Gasteiger partial charge in [-0.25, -0.2) is 0 Å². The summed E-state index contributed by atoms with van der Waals surface area (Å²) in [6.07, 6.45) is 0. The molecule has 1 unspecified atom stereocenters. The topological polar surface area (TPSA) is 25.2 Å². The second kappa shape index (κ2) is 5.10. The van der Waals surface area contributed by atoms with Gasteiger partial charge in [0, 0.05) is 4.88 Å². The molecule has 2 aromatic heterocycles. The molecular formula is C10H8BrCl2NOS. The highest BCUT2D eigenvalue weighted by Crippen LogP contribution is 2.37. The number of nitrogens with one attached hydrogen (secondary N) is 1. The summed E-state index contributed by atoms with van der Waals surface area (Å²) < 4.78 is 6.31. The monoisotopic (exact) mass is 339 g/mol. The molecular weight excluding hydrogens is 333 g/mol. The maximum atomic E-state index is 6.00. The third kappa shape index (κ3) is 2.46. The molecule has 0 fully saturated rings. The average molecular weight is 341 g/mol. The van der Waals surface area contributed by atoms with Crippen molar-refractivity contribution < 1.29 is 4.42 Å². The van der Waals surface area contributed by atoms with E-state index >= 15 is 0 Å². The lowest BCUT2D eigenvalue weighted by Crippen LogP contribution is -2.15. The molecule has 86 valence electrons. The molecule has 0 saturated heterocycles. The molecule has 0 aliphatic rings. The molecule has 0 aliphatic heterocycles. The summed E-state index contributed by atoms with van der Waals surface area (Å²) in [5.74, 6) is 0.776. The molecule has 2 heterocycles. The first kappa shape index (κ1) is 12.5. The Morgan fingerprint density at radius 1 is 1.44 bits per heavy atom. The van der Waals surface area contributed by atoms with Crippen LogP contribution in [0.25, 0.3) is 0 Å². The minimum atomic E-state index is -0.0266. The SMILES string of the molecule is CNC(c1ccc(Cl)o1)c1cc(Cl)c(Br)s1. The first-order valence-electron chi connectivity index (χ1n) is 4.49. The van der Waals surface area contributed by atoms with Gasteiger partial charge in [0.05, 0.1) is 8.81 Å². The Morgan fingerprint density at radius 2 is 2.19 bits per heavy atom. The van der Waals surface area contributed by atoms with E-state index in [9.17, 15) is 0 Å². The van der Waals surface area contributed by atoms with Gasteiger partial charge in [-0.15, -0.1) is 11.3 Å². The van der Waals surface area contributed by atoms with Crippen LogP contribution >= 0.6 is 50.5 Å². The summed E-state index contributed by atoms with van der Waals surface area (Å²) in [6, 6.07) is 5.46.